The lowest BCUT2D eigenvalue weighted by atomic mass is 9.92. The van der Waals surface area contributed by atoms with Crippen LogP contribution in [0.15, 0.2) is 47.8 Å². The highest BCUT2D eigenvalue weighted by Gasteiger charge is 2.28. The first-order valence-electron chi connectivity index (χ1n) is 4.38. The molecule has 2 N–H and O–H groups in total. The fourth-order valence-electron chi connectivity index (χ4n) is 1.64. The molecule has 0 spiro atoms. The molecule has 2 rings (SSSR count). The van der Waals surface area contributed by atoms with E-state index in [2.05, 4.69) is 6.58 Å². The van der Waals surface area contributed by atoms with E-state index < -0.39 is 0 Å². The van der Waals surface area contributed by atoms with Gasteiger partial charge in [0.25, 0.3) is 0 Å². The maximum absolute atomic E-state index is 10.8. The van der Waals surface area contributed by atoms with Crippen molar-refractivity contribution in [2.45, 2.75) is 12.5 Å². The van der Waals surface area contributed by atoms with Gasteiger partial charge in [0.2, 0.25) is 5.91 Å². The molecule has 0 saturated heterocycles. The number of nitrogens with two attached hydrogens (primary N) is 1. The van der Waals surface area contributed by atoms with Gasteiger partial charge >= 0.3 is 0 Å². The van der Waals surface area contributed by atoms with Crippen molar-refractivity contribution in [2.75, 3.05) is 0 Å². The van der Waals surface area contributed by atoms with Crippen LogP contribution in [0.1, 0.15) is 6.42 Å². The Bertz CT molecular complexity index is 388. The van der Waals surface area contributed by atoms with E-state index in [1.54, 1.807) is 6.26 Å². The highest BCUT2D eigenvalue weighted by molar-refractivity contribution is 5.78. The first kappa shape index (κ1) is 8.81. The Kier molecular flexibility index (Phi) is 2.00. The van der Waals surface area contributed by atoms with E-state index >= 15 is 0 Å². The molecule has 1 unspecified atom stereocenters. The Morgan fingerprint density at radius 2 is 2.43 bits per heavy atom. The molecule has 1 aliphatic heterocycles. The lowest BCUT2D eigenvalue weighted by Gasteiger charge is -2.16. The van der Waals surface area contributed by atoms with Crippen molar-refractivity contribution in [3.63, 3.8) is 0 Å². The SMILES string of the molecule is C=C1C=CC=C2C(CC(N)=O)=COC12. The smallest absolute Gasteiger partial charge is 0.221 e. The van der Waals surface area contributed by atoms with Crippen LogP contribution in [-0.4, -0.2) is 12.0 Å². The van der Waals surface area contributed by atoms with Crippen molar-refractivity contribution >= 4 is 5.91 Å². The van der Waals surface area contributed by atoms with E-state index in [1.165, 1.54) is 0 Å². The first-order valence-corrected chi connectivity index (χ1v) is 4.38. The minimum atomic E-state index is -0.346. The van der Waals surface area contributed by atoms with E-state index in [-0.39, 0.29) is 18.4 Å². The number of primary amides is 1. The van der Waals surface area contributed by atoms with Gasteiger partial charge in [0.05, 0.1) is 12.7 Å². The molecule has 0 radical (unpaired) electrons. The molecule has 0 aromatic rings. The minimum absolute atomic E-state index is 0.116. The van der Waals surface area contributed by atoms with Crippen LogP contribution in [0.25, 0.3) is 0 Å². The summed E-state index contributed by atoms with van der Waals surface area (Å²) in [5, 5.41) is 0. The van der Waals surface area contributed by atoms with Crippen molar-refractivity contribution in [3.8, 4) is 0 Å². The molecular formula is C11H11NO2. The molecule has 0 saturated carbocycles. The average Bonchev–Trinajstić information content (AvgIpc) is 2.49. The van der Waals surface area contributed by atoms with Gasteiger partial charge in [-0.25, -0.2) is 0 Å². The third-order valence-corrected chi connectivity index (χ3v) is 2.29. The van der Waals surface area contributed by atoms with Gasteiger partial charge < -0.3 is 10.5 Å². The normalized spacial score (nSPS) is 23.7. The lowest BCUT2D eigenvalue weighted by molar-refractivity contribution is -0.117. The van der Waals surface area contributed by atoms with Gasteiger partial charge in [0.15, 0.2) is 0 Å². The monoisotopic (exact) mass is 189 g/mol. The molecule has 1 amide bonds. The van der Waals surface area contributed by atoms with Gasteiger partial charge in [-0.1, -0.05) is 24.8 Å². The van der Waals surface area contributed by atoms with Crippen molar-refractivity contribution in [2.24, 2.45) is 5.73 Å². The van der Waals surface area contributed by atoms with Gasteiger partial charge in [0, 0.05) is 11.1 Å². The molecule has 14 heavy (non-hydrogen) atoms. The molecule has 0 fully saturated rings. The average molecular weight is 189 g/mol. The van der Waals surface area contributed by atoms with Crippen LogP contribution in [0.5, 0.6) is 0 Å². The van der Waals surface area contributed by atoms with Crippen molar-refractivity contribution < 1.29 is 9.53 Å². The van der Waals surface area contributed by atoms with E-state index in [1.807, 2.05) is 18.2 Å². The van der Waals surface area contributed by atoms with Crippen LogP contribution in [0, 0.1) is 0 Å². The quantitative estimate of drug-likeness (QED) is 0.709. The zero-order chi connectivity index (χ0) is 10.1. The fraction of sp³-hybridized carbons (Fsp3) is 0.182. The fourth-order valence-corrected chi connectivity index (χ4v) is 1.64. The van der Waals surface area contributed by atoms with Crippen LogP contribution in [-0.2, 0) is 9.53 Å². The third-order valence-electron chi connectivity index (χ3n) is 2.29. The lowest BCUT2D eigenvalue weighted by Crippen LogP contribution is -2.16. The van der Waals surface area contributed by atoms with Crippen LogP contribution in [0.3, 0.4) is 0 Å². The molecule has 2 aliphatic rings. The number of allylic oxidation sites excluding steroid dienone is 2. The number of hydrogen-bond acceptors (Lipinski definition) is 2. The predicted molar refractivity (Wildman–Crippen MR) is 53.1 cm³/mol. The maximum Gasteiger partial charge on any atom is 0.221 e. The Balaban J connectivity index is 2.24. The Morgan fingerprint density at radius 1 is 1.64 bits per heavy atom. The summed E-state index contributed by atoms with van der Waals surface area (Å²) in [5.41, 5.74) is 7.88. The zero-order valence-corrected chi connectivity index (χ0v) is 7.69. The van der Waals surface area contributed by atoms with Gasteiger partial charge in [-0.15, -0.1) is 0 Å². The Morgan fingerprint density at radius 3 is 3.14 bits per heavy atom. The topological polar surface area (TPSA) is 52.3 Å². The number of hydrogen-bond donors (Lipinski definition) is 1. The molecule has 1 aliphatic carbocycles. The highest BCUT2D eigenvalue weighted by atomic mass is 16.5. The van der Waals surface area contributed by atoms with Gasteiger partial charge in [-0.2, -0.15) is 0 Å². The molecule has 0 aromatic carbocycles. The number of amides is 1. The summed E-state index contributed by atoms with van der Waals surface area (Å²) in [6.45, 7) is 3.87. The highest BCUT2D eigenvalue weighted by Crippen LogP contribution is 2.33. The summed E-state index contributed by atoms with van der Waals surface area (Å²) >= 11 is 0. The number of fused-ring (bicyclic) bond motifs is 1. The van der Waals surface area contributed by atoms with Crippen molar-refractivity contribution in [1.29, 1.82) is 0 Å². The third kappa shape index (κ3) is 1.37. The molecule has 0 bridgehead atoms. The summed E-state index contributed by atoms with van der Waals surface area (Å²) in [7, 11) is 0. The minimum Gasteiger partial charge on any atom is -0.488 e. The number of carbonyl (C=O) groups excluding carboxylic acids is 1. The zero-order valence-electron chi connectivity index (χ0n) is 7.69. The molecule has 1 atom stereocenters. The molecule has 0 aromatic heterocycles. The number of ether oxygens (including phenoxy) is 1. The largest absolute Gasteiger partial charge is 0.488 e. The standard InChI is InChI=1S/C11H11NO2/c1-7-3-2-4-9-8(5-10(12)13)6-14-11(7)9/h2-4,6,11H,1,5H2,(H2,12,13). The van der Waals surface area contributed by atoms with Crippen LogP contribution >= 0.6 is 0 Å². The van der Waals surface area contributed by atoms with Gasteiger partial charge in [-0.05, 0) is 5.57 Å². The second kappa shape index (κ2) is 3.18. The summed E-state index contributed by atoms with van der Waals surface area (Å²) in [5.74, 6) is -0.346. The van der Waals surface area contributed by atoms with Crippen molar-refractivity contribution in [3.05, 3.63) is 47.8 Å². The Hall–Kier alpha value is -1.77. The first-order chi connectivity index (χ1) is 6.68. The molecule has 1 heterocycles. The van der Waals surface area contributed by atoms with E-state index in [4.69, 9.17) is 10.5 Å². The number of rotatable bonds is 2. The predicted octanol–water partition coefficient (Wildman–Crippen LogP) is 1.20. The van der Waals surface area contributed by atoms with Gasteiger partial charge in [0.1, 0.15) is 6.10 Å². The van der Waals surface area contributed by atoms with E-state index in [0.717, 1.165) is 16.7 Å². The van der Waals surface area contributed by atoms with Gasteiger partial charge in [-0.3, -0.25) is 4.79 Å². The van der Waals surface area contributed by atoms with E-state index in [0.29, 0.717) is 0 Å². The molecule has 3 heteroatoms. The second-order valence-corrected chi connectivity index (χ2v) is 3.36. The van der Waals surface area contributed by atoms with E-state index in [9.17, 15) is 4.79 Å². The maximum atomic E-state index is 10.8. The summed E-state index contributed by atoms with van der Waals surface area (Å²) in [4.78, 5) is 10.8. The Labute approximate surface area is 82.2 Å². The molecular weight excluding hydrogens is 178 g/mol. The summed E-state index contributed by atoms with van der Waals surface area (Å²) < 4.78 is 5.39. The molecule has 72 valence electrons. The number of carbonyl (C=O) groups is 1. The van der Waals surface area contributed by atoms with Crippen LogP contribution < -0.4 is 5.73 Å². The second-order valence-electron chi connectivity index (χ2n) is 3.36. The summed E-state index contributed by atoms with van der Waals surface area (Å²) in [6.07, 6.45) is 7.44. The molecule has 3 nitrogen and oxygen atoms in total. The summed E-state index contributed by atoms with van der Waals surface area (Å²) in [6, 6.07) is 0. The van der Waals surface area contributed by atoms with Crippen LogP contribution in [0.2, 0.25) is 0 Å². The van der Waals surface area contributed by atoms with Crippen LogP contribution in [0.4, 0.5) is 0 Å². The van der Waals surface area contributed by atoms with Crippen molar-refractivity contribution in [1.82, 2.24) is 0 Å².